The smallest absolute Gasteiger partial charge is 0.273 e. The molecular weight excluding hydrogens is 522 g/mol. The third kappa shape index (κ3) is 4.38. The molecule has 14 nitrogen and oxygen atoms in total. The van der Waals surface area contributed by atoms with Crippen molar-refractivity contribution in [1.29, 1.82) is 0 Å². The fourth-order valence-electron chi connectivity index (χ4n) is 4.22. The molecular formula is C26H21N7O7. The van der Waals surface area contributed by atoms with E-state index in [-0.39, 0.29) is 35.2 Å². The van der Waals surface area contributed by atoms with E-state index in [0.29, 0.717) is 53.8 Å². The molecule has 0 saturated heterocycles. The predicted molar refractivity (Wildman–Crippen MR) is 132 cm³/mol. The predicted octanol–water partition coefficient (Wildman–Crippen LogP) is 4.90. The van der Waals surface area contributed by atoms with Gasteiger partial charge in [-0.05, 0) is 18.8 Å². The lowest BCUT2D eigenvalue weighted by molar-refractivity contribution is 0.0911. The summed E-state index contributed by atoms with van der Waals surface area (Å²) in [5.74, 6) is 1.14. The number of oxazole rings is 6. The number of rotatable bonds is 1. The second kappa shape index (κ2) is 9.48. The molecule has 1 amide bonds. The molecule has 1 aliphatic heterocycles. The number of fused-ring (bicyclic) bond motifs is 16. The van der Waals surface area contributed by atoms with Gasteiger partial charge in [0.2, 0.25) is 29.5 Å². The average molecular weight is 543 g/mol. The van der Waals surface area contributed by atoms with E-state index in [4.69, 9.17) is 26.5 Å². The lowest BCUT2D eigenvalue weighted by Crippen LogP contribution is -2.32. The highest BCUT2D eigenvalue weighted by atomic mass is 16.4. The molecule has 1 N–H and O–H groups in total. The van der Waals surface area contributed by atoms with Crippen molar-refractivity contribution in [1.82, 2.24) is 35.2 Å². The van der Waals surface area contributed by atoms with Crippen molar-refractivity contribution in [2.75, 3.05) is 0 Å². The molecule has 7 heterocycles. The van der Waals surface area contributed by atoms with Crippen molar-refractivity contribution in [2.45, 2.75) is 39.2 Å². The Kier molecular flexibility index (Phi) is 5.65. The molecule has 0 radical (unpaired) electrons. The van der Waals surface area contributed by atoms with Gasteiger partial charge in [-0.3, -0.25) is 4.79 Å². The summed E-state index contributed by atoms with van der Waals surface area (Å²) >= 11 is 0. The van der Waals surface area contributed by atoms with Crippen LogP contribution in [0.5, 0.6) is 0 Å². The standard InChI is InChI=1S/C26H21N7O7/c1-12(2)20-26-32-18(11-40-26)25-30-16(9-39-25)22-27-13(6-36-22)4-3-5-19-28-15(8-35-19)23-31-17(10-38-23)24-29-14(7-37-24)21(34)33-20/h6-12,20H,3-5H2,1-2H3,(H,33,34). The monoisotopic (exact) mass is 543 g/mol. The van der Waals surface area contributed by atoms with Gasteiger partial charge in [-0.15, -0.1) is 0 Å². The van der Waals surface area contributed by atoms with Crippen LogP contribution in [-0.2, 0) is 12.8 Å². The molecule has 0 spiro atoms. The van der Waals surface area contributed by atoms with Gasteiger partial charge in [-0.2, -0.15) is 0 Å². The normalized spacial score (nSPS) is 15.7. The van der Waals surface area contributed by atoms with Gasteiger partial charge in [0.15, 0.2) is 34.4 Å². The second-order valence-electron chi connectivity index (χ2n) is 9.50. The number of carbonyl (C=O) groups excluding carboxylic acids is 1. The molecule has 1 aliphatic rings. The SMILES string of the molecule is CC(C)C1NC(=O)c2coc(n2)-c2coc(n2)-c2coc(n2)CCCc2coc(n2)-c2coc(n2)-c2coc1n2. The summed E-state index contributed by atoms with van der Waals surface area (Å²) in [6, 6.07) is -0.573. The number of aryl methyl sites for hydroxylation is 2. The number of aromatic nitrogens is 6. The third-order valence-electron chi connectivity index (χ3n) is 6.29. The number of hydrogen-bond donors (Lipinski definition) is 1. The van der Waals surface area contributed by atoms with Crippen LogP contribution in [-0.4, -0.2) is 35.8 Å². The minimum absolute atomic E-state index is 0.0535. The molecule has 40 heavy (non-hydrogen) atoms. The zero-order chi connectivity index (χ0) is 27.2. The summed E-state index contributed by atoms with van der Waals surface area (Å²) in [5, 5.41) is 2.90. The Labute approximate surface area is 224 Å². The lowest BCUT2D eigenvalue weighted by Gasteiger charge is -2.18. The van der Waals surface area contributed by atoms with Crippen LogP contribution in [0.15, 0.2) is 64.1 Å². The minimum atomic E-state index is -0.573. The Balaban J connectivity index is 1.24. The first-order chi connectivity index (χ1) is 19.5. The first kappa shape index (κ1) is 23.8. The molecule has 202 valence electrons. The van der Waals surface area contributed by atoms with Crippen molar-refractivity contribution < 1.29 is 31.3 Å². The lowest BCUT2D eigenvalue weighted by atomic mass is 10.0. The molecule has 0 saturated carbocycles. The maximum atomic E-state index is 13.1. The third-order valence-corrected chi connectivity index (χ3v) is 6.29. The highest BCUT2D eigenvalue weighted by Crippen LogP contribution is 2.29. The topological polar surface area (TPSA) is 185 Å². The van der Waals surface area contributed by atoms with Crippen LogP contribution in [0.2, 0.25) is 0 Å². The van der Waals surface area contributed by atoms with Crippen LogP contribution < -0.4 is 5.32 Å². The molecule has 6 aromatic rings. The maximum absolute atomic E-state index is 13.1. The van der Waals surface area contributed by atoms with E-state index in [1.165, 1.54) is 31.3 Å². The number of nitrogens with zero attached hydrogens (tertiary/aromatic N) is 6. The summed E-state index contributed by atoms with van der Waals surface area (Å²) in [5.41, 5.74) is 2.31. The van der Waals surface area contributed by atoms with Crippen LogP contribution in [0.1, 0.15) is 54.3 Å². The average Bonchev–Trinajstić information content (AvgIpc) is 3.76. The summed E-state index contributed by atoms with van der Waals surface area (Å²) < 4.78 is 33.6. The van der Waals surface area contributed by atoms with E-state index in [2.05, 4.69) is 35.2 Å². The van der Waals surface area contributed by atoms with E-state index >= 15 is 0 Å². The molecule has 0 aliphatic carbocycles. The van der Waals surface area contributed by atoms with E-state index in [0.717, 1.165) is 5.69 Å². The first-order valence-corrected chi connectivity index (χ1v) is 12.5. The van der Waals surface area contributed by atoms with Crippen LogP contribution in [0.25, 0.3) is 46.3 Å². The van der Waals surface area contributed by atoms with Crippen molar-refractivity contribution in [3.8, 4) is 46.3 Å². The highest BCUT2D eigenvalue weighted by molar-refractivity contribution is 5.92. The van der Waals surface area contributed by atoms with E-state index in [1.54, 1.807) is 6.26 Å². The van der Waals surface area contributed by atoms with Gasteiger partial charge in [-0.1, -0.05) is 13.8 Å². The van der Waals surface area contributed by atoms with Crippen LogP contribution >= 0.6 is 0 Å². The molecule has 12 bridgehead atoms. The van der Waals surface area contributed by atoms with Crippen molar-refractivity contribution in [3.05, 3.63) is 60.7 Å². The minimum Gasteiger partial charge on any atom is -0.448 e. The molecule has 1 unspecified atom stereocenters. The fourth-order valence-corrected chi connectivity index (χ4v) is 4.22. The molecule has 6 aromatic heterocycles. The number of carbonyl (C=O) groups is 1. The summed E-state index contributed by atoms with van der Waals surface area (Å²) in [7, 11) is 0. The molecule has 7 rings (SSSR count). The molecule has 0 aromatic carbocycles. The van der Waals surface area contributed by atoms with Gasteiger partial charge < -0.3 is 31.8 Å². The molecule has 1 atom stereocenters. The Bertz CT molecular complexity index is 1800. The Hall–Kier alpha value is -5.27. The Morgan fingerprint density at radius 1 is 0.650 bits per heavy atom. The number of hydrogen-bond acceptors (Lipinski definition) is 13. The summed E-state index contributed by atoms with van der Waals surface area (Å²) in [6.07, 6.45) is 10.4. The van der Waals surface area contributed by atoms with Crippen molar-refractivity contribution >= 4 is 5.91 Å². The Morgan fingerprint density at radius 2 is 1.20 bits per heavy atom. The van der Waals surface area contributed by atoms with Crippen molar-refractivity contribution in [3.63, 3.8) is 0 Å². The first-order valence-electron chi connectivity index (χ1n) is 12.5. The van der Waals surface area contributed by atoms with Gasteiger partial charge in [0, 0.05) is 6.42 Å². The summed E-state index contributed by atoms with van der Waals surface area (Å²) in [4.78, 5) is 39.7. The van der Waals surface area contributed by atoms with Gasteiger partial charge in [0.1, 0.15) is 43.6 Å². The van der Waals surface area contributed by atoms with Crippen LogP contribution in [0, 0.1) is 5.92 Å². The van der Waals surface area contributed by atoms with Gasteiger partial charge in [-0.25, -0.2) is 29.9 Å². The highest BCUT2D eigenvalue weighted by Gasteiger charge is 2.27. The van der Waals surface area contributed by atoms with E-state index in [9.17, 15) is 4.79 Å². The zero-order valence-electron chi connectivity index (χ0n) is 21.3. The van der Waals surface area contributed by atoms with Gasteiger partial charge in [0.25, 0.3) is 5.91 Å². The zero-order valence-corrected chi connectivity index (χ0v) is 21.3. The molecule has 0 fully saturated rings. The quantitative estimate of drug-likeness (QED) is 0.295. The van der Waals surface area contributed by atoms with Crippen LogP contribution in [0.3, 0.4) is 0 Å². The van der Waals surface area contributed by atoms with Gasteiger partial charge in [0.05, 0.1) is 5.69 Å². The largest absolute Gasteiger partial charge is 0.448 e. The second-order valence-corrected chi connectivity index (χ2v) is 9.50. The summed E-state index contributed by atoms with van der Waals surface area (Å²) in [6.45, 7) is 3.85. The Morgan fingerprint density at radius 3 is 1.93 bits per heavy atom. The van der Waals surface area contributed by atoms with Crippen molar-refractivity contribution in [2.24, 2.45) is 5.92 Å². The van der Waals surface area contributed by atoms with E-state index in [1.807, 2.05) is 13.8 Å². The van der Waals surface area contributed by atoms with E-state index < -0.39 is 11.9 Å². The number of amides is 1. The molecule has 14 heteroatoms. The van der Waals surface area contributed by atoms with Gasteiger partial charge >= 0.3 is 0 Å². The number of nitrogens with one attached hydrogen (secondary N) is 1. The fraction of sp³-hybridized carbons (Fsp3) is 0.269. The van der Waals surface area contributed by atoms with Crippen LogP contribution in [0.4, 0.5) is 0 Å². The maximum Gasteiger partial charge on any atom is 0.273 e.